The largest absolute Gasteiger partial charge is 0.416 e. The van der Waals surface area contributed by atoms with Crippen LogP contribution >= 0.6 is 11.6 Å². The minimum atomic E-state index is -4.61. The predicted octanol–water partition coefficient (Wildman–Crippen LogP) is 6.29. The third-order valence-corrected chi connectivity index (χ3v) is 7.00. The molecule has 1 saturated carbocycles. The standard InChI is InChI=1S/C25H24ClF5N2O2/c1-2-16-8-9-21(33(16)24(35)14-4-3-5-15(10-14)25(29,30)31)23(34)32-22(13-6-7-13)17-11-20(28)18(26)12-19(17)27/h3-5,10-13,16,21-22H,2,6-9H2,1H3,(H,32,34)/t16-,21-,22?/m1/s1. The van der Waals surface area contributed by atoms with Gasteiger partial charge in [0, 0.05) is 17.2 Å². The molecule has 35 heavy (non-hydrogen) atoms. The summed E-state index contributed by atoms with van der Waals surface area (Å²) in [5, 5.41) is 2.41. The summed E-state index contributed by atoms with van der Waals surface area (Å²) in [6.07, 6.45) is -1.87. The van der Waals surface area contributed by atoms with Crippen LogP contribution in [0.3, 0.4) is 0 Å². The summed E-state index contributed by atoms with van der Waals surface area (Å²) in [6.45, 7) is 1.83. The first-order valence-electron chi connectivity index (χ1n) is 11.5. The third kappa shape index (κ3) is 5.29. The van der Waals surface area contributed by atoms with Crippen LogP contribution < -0.4 is 5.32 Å². The maximum absolute atomic E-state index is 14.6. The smallest absolute Gasteiger partial charge is 0.347 e. The lowest BCUT2D eigenvalue weighted by Crippen LogP contribution is -2.49. The first kappa shape index (κ1) is 25.4. The Hall–Kier alpha value is -2.68. The summed E-state index contributed by atoms with van der Waals surface area (Å²) in [4.78, 5) is 28.0. The fourth-order valence-corrected chi connectivity index (χ4v) is 4.88. The van der Waals surface area contributed by atoms with Crippen molar-refractivity contribution < 1.29 is 31.5 Å². The van der Waals surface area contributed by atoms with Crippen molar-refractivity contribution in [1.82, 2.24) is 10.2 Å². The molecular formula is C25H24ClF5N2O2. The summed E-state index contributed by atoms with van der Waals surface area (Å²) in [7, 11) is 0. The fourth-order valence-electron chi connectivity index (χ4n) is 4.73. The van der Waals surface area contributed by atoms with Crippen LogP contribution in [-0.2, 0) is 11.0 Å². The molecule has 3 atom stereocenters. The van der Waals surface area contributed by atoms with E-state index in [1.807, 2.05) is 6.92 Å². The fraction of sp³-hybridized carbons (Fsp3) is 0.440. The summed E-state index contributed by atoms with van der Waals surface area (Å²) < 4.78 is 68.2. The van der Waals surface area contributed by atoms with Crippen LogP contribution in [0.2, 0.25) is 5.02 Å². The number of hydrogen-bond donors (Lipinski definition) is 1. The zero-order valence-electron chi connectivity index (χ0n) is 18.8. The first-order valence-corrected chi connectivity index (χ1v) is 11.8. The van der Waals surface area contributed by atoms with Gasteiger partial charge in [0.05, 0.1) is 16.6 Å². The lowest BCUT2D eigenvalue weighted by Gasteiger charge is -2.31. The summed E-state index contributed by atoms with van der Waals surface area (Å²) in [5.74, 6) is -2.87. The Kier molecular flexibility index (Phi) is 7.09. The highest BCUT2D eigenvalue weighted by atomic mass is 35.5. The van der Waals surface area contributed by atoms with Gasteiger partial charge in [0.2, 0.25) is 5.91 Å². The number of likely N-dealkylation sites (tertiary alicyclic amines) is 1. The predicted molar refractivity (Wildman–Crippen MR) is 120 cm³/mol. The van der Waals surface area contributed by atoms with Gasteiger partial charge in [-0.2, -0.15) is 13.2 Å². The normalized spacial score (nSPS) is 21.2. The van der Waals surface area contributed by atoms with Crippen LogP contribution in [0.15, 0.2) is 36.4 Å². The number of benzene rings is 2. The van der Waals surface area contributed by atoms with Crippen molar-refractivity contribution in [2.45, 2.75) is 63.3 Å². The van der Waals surface area contributed by atoms with E-state index in [0.29, 0.717) is 32.1 Å². The topological polar surface area (TPSA) is 49.4 Å². The van der Waals surface area contributed by atoms with E-state index < -0.39 is 47.3 Å². The van der Waals surface area contributed by atoms with Gasteiger partial charge in [-0.3, -0.25) is 9.59 Å². The van der Waals surface area contributed by atoms with Gasteiger partial charge in [0.25, 0.3) is 5.91 Å². The van der Waals surface area contributed by atoms with Crippen LogP contribution in [0, 0.1) is 17.6 Å². The highest BCUT2D eigenvalue weighted by Crippen LogP contribution is 2.43. The van der Waals surface area contributed by atoms with Crippen molar-refractivity contribution >= 4 is 23.4 Å². The summed E-state index contributed by atoms with van der Waals surface area (Å²) in [6, 6.07) is 3.85. The SMILES string of the molecule is CC[C@@H]1CC[C@H](C(=O)NC(c2cc(F)c(Cl)cc2F)C2CC2)N1C(=O)c1cccc(C(F)(F)F)c1. The van der Waals surface area contributed by atoms with E-state index in [0.717, 1.165) is 30.3 Å². The molecule has 0 aromatic heterocycles. The molecule has 2 aromatic carbocycles. The second-order valence-corrected chi connectivity index (χ2v) is 9.46. The van der Waals surface area contributed by atoms with Crippen molar-refractivity contribution in [1.29, 1.82) is 0 Å². The van der Waals surface area contributed by atoms with Gasteiger partial charge < -0.3 is 10.2 Å². The molecule has 1 saturated heterocycles. The summed E-state index contributed by atoms with van der Waals surface area (Å²) in [5.41, 5.74) is -1.14. The number of carbonyl (C=O) groups is 2. The number of alkyl halides is 3. The molecule has 1 aliphatic heterocycles. The summed E-state index contributed by atoms with van der Waals surface area (Å²) >= 11 is 5.66. The molecule has 1 heterocycles. The zero-order chi connectivity index (χ0) is 25.5. The van der Waals surface area contributed by atoms with Crippen molar-refractivity contribution in [3.8, 4) is 0 Å². The first-order chi connectivity index (χ1) is 16.5. The molecule has 2 aliphatic rings. The molecular weight excluding hydrogens is 491 g/mol. The van der Waals surface area contributed by atoms with E-state index >= 15 is 0 Å². The second kappa shape index (κ2) is 9.76. The van der Waals surface area contributed by atoms with Crippen LogP contribution in [0.5, 0.6) is 0 Å². The number of halogens is 6. The van der Waals surface area contributed by atoms with E-state index in [1.54, 1.807) is 0 Å². The van der Waals surface area contributed by atoms with Crippen molar-refractivity contribution in [2.75, 3.05) is 0 Å². The van der Waals surface area contributed by atoms with E-state index in [9.17, 15) is 31.5 Å². The molecule has 0 bridgehead atoms. The van der Waals surface area contributed by atoms with Crippen LogP contribution in [-0.4, -0.2) is 28.8 Å². The highest BCUT2D eigenvalue weighted by molar-refractivity contribution is 6.30. The molecule has 2 fully saturated rings. The zero-order valence-corrected chi connectivity index (χ0v) is 19.6. The molecule has 1 N–H and O–H groups in total. The molecule has 0 spiro atoms. The number of nitrogens with one attached hydrogen (secondary N) is 1. The third-order valence-electron chi connectivity index (χ3n) is 6.71. The molecule has 4 rings (SSSR count). The number of nitrogens with zero attached hydrogens (tertiary/aromatic N) is 1. The highest BCUT2D eigenvalue weighted by Gasteiger charge is 2.43. The van der Waals surface area contributed by atoms with Gasteiger partial charge in [0.1, 0.15) is 17.7 Å². The Balaban J connectivity index is 1.60. The molecule has 0 radical (unpaired) electrons. The van der Waals surface area contributed by atoms with Gasteiger partial charge in [-0.15, -0.1) is 0 Å². The number of rotatable bonds is 6. The lowest BCUT2D eigenvalue weighted by atomic mass is 10.0. The van der Waals surface area contributed by atoms with Crippen molar-refractivity contribution in [3.05, 3.63) is 69.7 Å². The number of amides is 2. The minimum Gasteiger partial charge on any atom is -0.347 e. The average molecular weight is 515 g/mol. The van der Waals surface area contributed by atoms with Crippen LogP contribution in [0.1, 0.15) is 66.6 Å². The van der Waals surface area contributed by atoms with E-state index in [-0.39, 0.29) is 28.1 Å². The number of hydrogen-bond acceptors (Lipinski definition) is 2. The quantitative estimate of drug-likeness (QED) is 0.364. The Bertz CT molecular complexity index is 1140. The Labute approximate surface area is 204 Å². The maximum atomic E-state index is 14.6. The molecule has 1 aliphatic carbocycles. The lowest BCUT2D eigenvalue weighted by molar-refractivity contribution is -0.137. The molecule has 1 unspecified atom stereocenters. The van der Waals surface area contributed by atoms with Gasteiger partial charge in [-0.1, -0.05) is 24.6 Å². The molecule has 2 aromatic rings. The van der Waals surface area contributed by atoms with Gasteiger partial charge in [-0.05, 0) is 68.4 Å². The van der Waals surface area contributed by atoms with Gasteiger partial charge >= 0.3 is 6.18 Å². The Morgan fingerprint density at radius 1 is 1.09 bits per heavy atom. The Morgan fingerprint density at radius 2 is 1.80 bits per heavy atom. The van der Waals surface area contributed by atoms with Gasteiger partial charge in [0.15, 0.2) is 0 Å². The van der Waals surface area contributed by atoms with E-state index in [4.69, 9.17) is 11.6 Å². The molecule has 2 amide bonds. The van der Waals surface area contributed by atoms with Crippen LogP contribution in [0.4, 0.5) is 22.0 Å². The molecule has 188 valence electrons. The minimum absolute atomic E-state index is 0.0245. The maximum Gasteiger partial charge on any atom is 0.416 e. The van der Waals surface area contributed by atoms with Crippen LogP contribution in [0.25, 0.3) is 0 Å². The van der Waals surface area contributed by atoms with Gasteiger partial charge in [-0.25, -0.2) is 8.78 Å². The number of carbonyl (C=O) groups excluding carboxylic acids is 2. The molecule has 10 heteroatoms. The Morgan fingerprint density at radius 3 is 2.43 bits per heavy atom. The average Bonchev–Trinajstić information content (AvgIpc) is 3.56. The van der Waals surface area contributed by atoms with Crippen molar-refractivity contribution in [3.63, 3.8) is 0 Å². The van der Waals surface area contributed by atoms with Crippen molar-refractivity contribution in [2.24, 2.45) is 5.92 Å². The van der Waals surface area contributed by atoms with E-state index in [1.165, 1.54) is 11.0 Å². The second-order valence-electron chi connectivity index (χ2n) is 9.06. The molecule has 4 nitrogen and oxygen atoms in total. The monoisotopic (exact) mass is 514 g/mol. The van der Waals surface area contributed by atoms with E-state index in [2.05, 4.69) is 5.32 Å².